The maximum absolute atomic E-state index is 13.4. The Morgan fingerprint density at radius 1 is 0.692 bits per heavy atom. The molecule has 0 unspecified atom stereocenters. The standard InChI is InChI=1S/C12H12F12OS/c1-3-7(13,14)9(17,18)11(21,22)12(23,24)10(19,20)8(15,16)4-5-26-6(2)25/h3-5H2,1-2H3. The van der Waals surface area contributed by atoms with Crippen molar-refractivity contribution in [2.24, 2.45) is 0 Å². The topological polar surface area (TPSA) is 17.1 Å². The highest BCUT2D eigenvalue weighted by atomic mass is 32.2. The molecular formula is C12H12F12OS. The van der Waals surface area contributed by atoms with Crippen LogP contribution >= 0.6 is 11.8 Å². The Morgan fingerprint density at radius 3 is 1.35 bits per heavy atom. The first-order valence-corrected chi connectivity index (χ1v) is 7.61. The molecule has 0 spiro atoms. The van der Waals surface area contributed by atoms with Gasteiger partial charge in [0, 0.05) is 25.5 Å². The molecule has 0 aliphatic heterocycles. The van der Waals surface area contributed by atoms with Gasteiger partial charge in [-0.15, -0.1) is 0 Å². The molecule has 0 saturated carbocycles. The molecule has 0 amide bonds. The smallest absolute Gasteiger partial charge is 0.288 e. The first kappa shape index (κ1) is 25.2. The van der Waals surface area contributed by atoms with Gasteiger partial charge in [0.15, 0.2) is 5.12 Å². The van der Waals surface area contributed by atoms with Crippen molar-refractivity contribution >= 4 is 16.9 Å². The number of hydrogen-bond donors (Lipinski definition) is 0. The fourth-order valence-electron chi connectivity index (χ4n) is 1.56. The van der Waals surface area contributed by atoms with Gasteiger partial charge in [-0.25, -0.2) is 0 Å². The molecule has 0 atom stereocenters. The van der Waals surface area contributed by atoms with Crippen LogP contribution in [0.1, 0.15) is 26.7 Å². The van der Waals surface area contributed by atoms with Gasteiger partial charge < -0.3 is 0 Å². The van der Waals surface area contributed by atoms with Crippen molar-refractivity contribution < 1.29 is 57.5 Å². The van der Waals surface area contributed by atoms with Gasteiger partial charge in [-0.3, -0.25) is 4.79 Å². The summed E-state index contributed by atoms with van der Waals surface area (Å²) in [7, 11) is 0. The van der Waals surface area contributed by atoms with Gasteiger partial charge in [-0.2, -0.15) is 52.7 Å². The predicted molar refractivity (Wildman–Crippen MR) is 67.7 cm³/mol. The third-order valence-electron chi connectivity index (χ3n) is 3.27. The Bertz CT molecular complexity index is 516. The van der Waals surface area contributed by atoms with Crippen molar-refractivity contribution in [2.45, 2.75) is 62.2 Å². The number of rotatable bonds is 9. The normalized spacial score (nSPS) is 15.3. The molecule has 0 aromatic carbocycles. The second-order valence-corrected chi connectivity index (χ2v) is 6.42. The lowest BCUT2D eigenvalue weighted by atomic mass is 9.90. The summed E-state index contributed by atoms with van der Waals surface area (Å²) in [4.78, 5) is 10.5. The predicted octanol–water partition coefficient (Wildman–Crippen LogP) is 5.88. The maximum Gasteiger partial charge on any atom is 0.384 e. The third-order valence-corrected chi connectivity index (χ3v) is 4.08. The molecule has 0 radical (unpaired) electrons. The first-order valence-electron chi connectivity index (χ1n) is 6.63. The monoisotopic (exact) mass is 432 g/mol. The fourth-order valence-corrected chi connectivity index (χ4v) is 2.20. The van der Waals surface area contributed by atoms with Gasteiger partial charge in [-0.05, 0) is 0 Å². The highest BCUT2D eigenvalue weighted by molar-refractivity contribution is 8.13. The van der Waals surface area contributed by atoms with E-state index in [9.17, 15) is 57.5 Å². The van der Waals surface area contributed by atoms with Gasteiger partial charge in [0.05, 0.1) is 0 Å². The van der Waals surface area contributed by atoms with Crippen molar-refractivity contribution in [3.8, 4) is 0 Å². The molecule has 0 bridgehead atoms. The molecule has 0 rings (SSSR count). The van der Waals surface area contributed by atoms with E-state index in [0.717, 1.165) is 6.92 Å². The van der Waals surface area contributed by atoms with E-state index in [4.69, 9.17) is 0 Å². The number of halogens is 12. The maximum atomic E-state index is 13.4. The second kappa shape index (κ2) is 7.30. The van der Waals surface area contributed by atoms with E-state index in [1.807, 2.05) is 0 Å². The van der Waals surface area contributed by atoms with Crippen molar-refractivity contribution in [1.29, 1.82) is 0 Å². The third kappa shape index (κ3) is 3.88. The summed E-state index contributed by atoms with van der Waals surface area (Å²) >= 11 is -0.0470. The summed E-state index contributed by atoms with van der Waals surface area (Å²) in [6.07, 6.45) is -4.42. The van der Waals surface area contributed by atoms with Crippen LogP contribution in [0.2, 0.25) is 0 Å². The molecule has 0 fully saturated rings. The van der Waals surface area contributed by atoms with Crippen LogP contribution in [0, 0.1) is 0 Å². The van der Waals surface area contributed by atoms with Crippen LogP contribution in [0.5, 0.6) is 0 Å². The average molecular weight is 432 g/mol. The van der Waals surface area contributed by atoms with Crippen molar-refractivity contribution in [1.82, 2.24) is 0 Å². The number of hydrogen-bond acceptors (Lipinski definition) is 2. The van der Waals surface area contributed by atoms with E-state index >= 15 is 0 Å². The zero-order valence-electron chi connectivity index (χ0n) is 13.0. The van der Waals surface area contributed by atoms with Crippen molar-refractivity contribution in [3.63, 3.8) is 0 Å². The van der Waals surface area contributed by atoms with E-state index in [0.29, 0.717) is 0 Å². The molecular weight excluding hydrogens is 420 g/mol. The van der Waals surface area contributed by atoms with Crippen LogP contribution in [0.25, 0.3) is 0 Å². The summed E-state index contributed by atoms with van der Waals surface area (Å²) in [6, 6.07) is 0. The van der Waals surface area contributed by atoms with Gasteiger partial charge in [-0.1, -0.05) is 18.7 Å². The molecule has 0 aromatic rings. The van der Waals surface area contributed by atoms with Crippen LogP contribution in [-0.4, -0.2) is 46.4 Å². The van der Waals surface area contributed by atoms with E-state index in [1.165, 1.54) is 0 Å². The highest BCUT2D eigenvalue weighted by Gasteiger charge is 2.89. The Balaban J connectivity index is 5.98. The Morgan fingerprint density at radius 2 is 1.04 bits per heavy atom. The summed E-state index contributed by atoms with van der Waals surface area (Å²) in [5, 5.41) is -0.907. The number of carbonyl (C=O) groups is 1. The minimum atomic E-state index is -7.54. The lowest BCUT2D eigenvalue weighted by Crippen LogP contribution is -2.70. The molecule has 0 N–H and O–H groups in total. The minimum Gasteiger partial charge on any atom is -0.288 e. The lowest BCUT2D eigenvalue weighted by molar-refractivity contribution is -0.425. The molecule has 0 aliphatic carbocycles. The SMILES string of the molecule is CCC(F)(F)C(F)(F)C(F)(F)C(F)(F)C(F)(F)C(F)(F)CCSC(C)=O. The molecule has 0 heterocycles. The second-order valence-electron chi connectivity index (χ2n) is 5.15. The number of thioether (sulfide) groups is 1. The number of alkyl halides is 12. The van der Waals surface area contributed by atoms with Gasteiger partial charge in [0.25, 0.3) is 0 Å². The minimum absolute atomic E-state index is 0.0470. The molecule has 26 heavy (non-hydrogen) atoms. The van der Waals surface area contributed by atoms with Crippen LogP contribution in [0.3, 0.4) is 0 Å². The van der Waals surface area contributed by atoms with Gasteiger partial charge in [0.2, 0.25) is 0 Å². The Kier molecular flexibility index (Phi) is 7.07. The number of carbonyl (C=O) groups excluding carboxylic acids is 1. The molecule has 0 saturated heterocycles. The van der Waals surface area contributed by atoms with E-state index in [-0.39, 0.29) is 18.7 Å². The lowest BCUT2D eigenvalue weighted by Gasteiger charge is -2.41. The van der Waals surface area contributed by atoms with E-state index in [1.54, 1.807) is 0 Å². The molecule has 0 aromatic heterocycles. The van der Waals surface area contributed by atoms with Crippen LogP contribution in [0.15, 0.2) is 0 Å². The summed E-state index contributed by atoms with van der Waals surface area (Å²) in [5.41, 5.74) is 0. The quantitative estimate of drug-likeness (QED) is 0.424. The average Bonchev–Trinajstić information content (AvgIpc) is 2.45. The van der Waals surface area contributed by atoms with Gasteiger partial charge in [0.1, 0.15) is 0 Å². The fraction of sp³-hybridized carbons (Fsp3) is 0.917. The molecule has 0 aliphatic rings. The zero-order chi connectivity index (χ0) is 21.4. The summed E-state index contributed by atoms with van der Waals surface area (Å²) in [5.74, 6) is -42.3. The Hall–Kier alpha value is -0.820. The molecule has 1 nitrogen and oxygen atoms in total. The highest BCUT2D eigenvalue weighted by Crippen LogP contribution is 2.60. The summed E-state index contributed by atoms with van der Waals surface area (Å²) < 4.78 is 159. The summed E-state index contributed by atoms with van der Waals surface area (Å²) in [6.45, 7) is 0.963. The largest absolute Gasteiger partial charge is 0.384 e. The van der Waals surface area contributed by atoms with Crippen LogP contribution in [0.4, 0.5) is 52.7 Å². The van der Waals surface area contributed by atoms with Crippen LogP contribution < -0.4 is 0 Å². The van der Waals surface area contributed by atoms with Crippen LogP contribution in [-0.2, 0) is 4.79 Å². The van der Waals surface area contributed by atoms with Crippen molar-refractivity contribution in [3.05, 3.63) is 0 Å². The van der Waals surface area contributed by atoms with E-state index < -0.39 is 59.2 Å². The zero-order valence-corrected chi connectivity index (χ0v) is 13.8. The van der Waals surface area contributed by atoms with E-state index in [2.05, 4.69) is 0 Å². The van der Waals surface area contributed by atoms with Gasteiger partial charge >= 0.3 is 35.5 Å². The Labute approximate surface area is 143 Å². The first-order chi connectivity index (χ1) is 11.2. The molecule has 14 heteroatoms. The van der Waals surface area contributed by atoms with Crippen molar-refractivity contribution in [2.75, 3.05) is 5.75 Å². The molecule has 156 valence electrons.